The van der Waals surface area contributed by atoms with Crippen LogP contribution in [0.3, 0.4) is 0 Å². The average molecular weight is 675 g/mol. The molecule has 5 rings (SSSR count). The Morgan fingerprint density at radius 2 is 1.37 bits per heavy atom. The third-order valence-electron chi connectivity index (χ3n) is 7.37. The van der Waals surface area contributed by atoms with E-state index in [0.717, 1.165) is 26.3 Å². The number of hydrogen-bond acceptors (Lipinski definition) is 13. The van der Waals surface area contributed by atoms with Crippen molar-refractivity contribution in [3.63, 3.8) is 0 Å². The summed E-state index contributed by atoms with van der Waals surface area (Å²) in [6.45, 7) is 4.44. The molecule has 256 valence electrons. The fourth-order valence-electron chi connectivity index (χ4n) is 5.33. The number of carbonyl (C=O) groups is 4. The molecule has 0 bridgehead atoms. The summed E-state index contributed by atoms with van der Waals surface area (Å²) in [4.78, 5) is 61.6. The van der Waals surface area contributed by atoms with E-state index in [1.54, 1.807) is 42.5 Å². The Labute approximate surface area is 280 Å². The number of rotatable bonds is 11. The second-order valence-electron chi connectivity index (χ2n) is 11.1. The van der Waals surface area contributed by atoms with Crippen molar-refractivity contribution in [1.29, 1.82) is 0 Å². The fourth-order valence-corrected chi connectivity index (χ4v) is 5.33. The number of carbonyl (C=O) groups excluding carboxylic acids is 4. The van der Waals surface area contributed by atoms with Crippen molar-refractivity contribution in [2.24, 2.45) is 0 Å². The number of benzene rings is 3. The van der Waals surface area contributed by atoms with Crippen molar-refractivity contribution in [2.45, 2.75) is 65.0 Å². The minimum Gasteiger partial charge on any atom is -0.488 e. The molecule has 1 saturated heterocycles. The van der Waals surface area contributed by atoms with Crippen LogP contribution in [0.5, 0.6) is 11.5 Å². The predicted molar refractivity (Wildman–Crippen MR) is 171 cm³/mol. The Bertz CT molecular complexity index is 1870. The smallest absolute Gasteiger partial charge is 0.303 e. The number of fused-ring (bicyclic) bond motifs is 1. The molecule has 5 atom stereocenters. The first-order valence-electron chi connectivity index (χ1n) is 15.3. The summed E-state index contributed by atoms with van der Waals surface area (Å²) in [7, 11) is 0. The SMILES string of the molecule is CC(=O)OC[C@H]1O[C@@H](Oc2ccc(-c3coc4cccc(OCc5ccccc5)c4c3=O)cc2)[C@H](OC(C)=O)[C@@H](OC(C)=O)[C@@H]1OC(C)=O. The Morgan fingerprint density at radius 3 is 2.02 bits per heavy atom. The molecule has 1 aromatic heterocycles. The molecule has 1 aliphatic heterocycles. The summed E-state index contributed by atoms with van der Waals surface area (Å²) in [6, 6.07) is 21.0. The molecule has 0 aliphatic carbocycles. The number of ether oxygens (including phenoxy) is 7. The zero-order valence-electron chi connectivity index (χ0n) is 27.1. The monoisotopic (exact) mass is 674 g/mol. The van der Waals surface area contributed by atoms with E-state index in [1.807, 2.05) is 30.3 Å². The number of esters is 4. The van der Waals surface area contributed by atoms with Gasteiger partial charge in [0.25, 0.3) is 0 Å². The molecular weight excluding hydrogens is 640 g/mol. The lowest BCUT2D eigenvalue weighted by Crippen LogP contribution is -2.63. The first-order valence-corrected chi connectivity index (χ1v) is 15.3. The highest BCUT2D eigenvalue weighted by Crippen LogP contribution is 2.32. The van der Waals surface area contributed by atoms with Crippen LogP contribution < -0.4 is 14.9 Å². The highest BCUT2D eigenvalue weighted by Gasteiger charge is 2.53. The lowest BCUT2D eigenvalue weighted by atomic mass is 9.98. The Morgan fingerprint density at radius 1 is 0.714 bits per heavy atom. The zero-order valence-corrected chi connectivity index (χ0v) is 27.1. The van der Waals surface area contributed by atoms with Crippen LogP contribution in [0.4, 0.5) is 0 Å². The highest BCUT2D eigenvalue weighted by molar-refractivity contribution is 5.87. The van der Waals surface area contributed by atoms with Gasteiger partial charge in [-0.05, 0) is 35.4 Å². The summed E-state index contributed by atoms with van der Waals surface area (Å²) >= 11 is 0. The standard InChI is InChI=1S/C36H34O13/c1-20(37)42-19-30-33(45-21(2)38)34(46-22(3)39)35(47-23(4)40)36(49-30)48-26-15-13-25(14-16-26)27-18-44-29-12-8-11-28(31(29)32(27)41)43-17-24-9-6-5-7-10-24/h5-16,18,30,33-36H,17,19H2,1-4H3/t30-,33-,34+,35-,36-/m1/s1. The summed E-state index contributed by atoms with van der Waals surface area (Å²) < 4.78 is 45.3. The topological polar surface area (TPSA) is 163 Å². The molecule has 0 unspecified atom stereocenters. The molecular formula is C36H34O13. The molecule has 4 aromatic rings. The fraction of sp³-hybridized carbons (Fsp3) is 0.306. The van der Waals surface area contributed by atoms with Gasteiger partial charge in [0.2, 0.25) is 17.8 Å². The van der Waals surface area contributed by atoms with Crippen molar-refractivity contribution in [3.05, 3.63) is 94.8 Å². The molecule has 1 fully saturated rings. The molecule has 0 radical (unpaired) electrons. The van der Waals surface area contributed by atoms with Crippen molar-refractivity contribution < 1.29 is 56.8 Å². The van der Waals surface area contributed by atoms with Gasteiger partial charge in [0.05, 0.1) is 5.56 Å². The summed E-state index contributed by atoms with van der Waals surface area (Å²) in [6.07, 6.45) is -5.33. The molecule has 13 nitrogen and oxygen atoms in total. The lowest BCUT2D eigenvalue weighted by Gasteiger charge is -2.43. The van der Waals surface area contributed by atoms with Gasteiger partial charge in [-0.2, -0.15) is 0 Å². The van der Waals surface area contributed by atoms with E-state index in [-0.39, 0.29) is 28.7 Å². The minimum absolute atomic E-state index is 0.210. The van der Waals surface area contributed by atoms with Gasteiger partial charge < -0.3 is 37.6 Å². The Balaban J connectivity index is 1.43. The second-order valence-corrected chi connectivity index (χ2v) is 11.1. The molecule has 49 heavy (non-hydrogen) atoms. The minimum atomic E-state index is -1.42. The zero-order chi connectivity index (χ0) is 35.1. The van der Waals surface area contributed by atoms with Gasteiger partial charge in [0, 0.05) is 27.7 Å². The van der Waals surface area contributed by atoms with Gasteiger partial charge in [0.15, 0.2) is 12.2 Å². The summed E-state index contributed by atoms with van der Waals surface area (Å²) in [5.74, 6) is -2.33. The Kier molecular flexibility index (Phi) is 10.9. The summed E-state index contributed by atoms with van der Waals surface area (Å²) in [5, 5.41) is 0.286. The van der Waals surface area contributed by atoms with Crippen LogP contribution >= 0.6 is 0 Å². The van der Waals surface area contributed by atoms with Crippen LogP contribution in [0.25, 0.3) is 22.1 Å². The molecule has 13 heteroatoms. The molecule has 2 heterocycles. The van der Waals surface area contributed by atoms with Crippen molar-refractivity contribution >= 4 is 34.8 Å². The molecule has 0 saturated carbocycles. The third kappa shape index (κ3) is 8.62. The van der Waals surface area contributed by atoms with E-state index in [1.165, 1.54) is 13.2 Å². The molecule has 0 N–H and O–H groups in total. The van der Waals surface area contributed by atoms with Crippen molar-refractivity contribution in [2.75, 3.05) is 6.61 Å². The lowest BCUT2D eigenvalue weighted by molar-refractivity contribution is -0.288. The van der Waals surface area contributed by atoms with E-state index < -0.39 is 61.2 Å². The van der Waals surface area contributed by atoms with Gasteiger partial charge >= 0.3 is 23.9 Å². The van der Waals surface area contributed by atoms with Crippen LogP contribution in [-0.2, 0) is 49.5 Å². The van der Waals surface area contributed by atoms with Crippen LogP contribution in [0.15, 0.2) is 88.3 Å². The Hall–Kier alpha value is -5.69. The van der Waals surface area contributed by atoms with Crippen LogP contribution in [0.2, 0.25) is 0 Å². The predicted octanol–water partition coefficient (Wildman–Crippen LogP) is 4.50. The van der Waals surface area contributed by atoms with E-state index in [2.05, 4.69) is 0 Å². The van der Waals surface area contributed by atoms with E-state index >= 15 is 0 Å². The van der Waals surface area contributed by atoms with Crippen LogP contribution in [-0.4, -0.2) is 61.2 Å². The maximum absolute atomic E-state index is 13.7. The second kappa shape index (κ2) is 15.5. The van der Waals surface area contributed by atoms with Gasteiger partial charge in [0.1, 0.15) is 48.0 Å². The van der Waals surface area contributed by atoms with E-state index in [9.17, 15) is 24.0 Å². The third-order valence-corrected chi connectivity index (χ3v) is 7.37. The van der Waals surface area contributed by atoms with Gasteiger partial charge in [-0.3, -0.25) is 24.0 Å². The normalized spacial score (nSPS) is 20.1. The van der Waals surface area contributed by atoms with Crippen LogP contribution in [0.1, 0.15) is 33.3 Å². The van der Waals surface area contributed by atoms with Gasteiger partial charge in [-0.25, -0.2) is 0 Å². The van der Waals surface area contributed by atoms with Crippen LogP contribution in [0, 0.1) is 0 Å². The number of hydrogen-bond donors (Lipinski definition) is 0. The van der Waals surface area contributed by atoms with E-state index in [4.69, 9.17) is 37.6 Å². The molecule has 3 aromatic carbocycles. The largest absolute Gasteiger partial charge is 0.488 e. The highest BCUT2D eigenvalue weighted by atomic mass is 16.7. The first kappa shape index (κ1) is 34.6. The van der Waals surface area contributed by atoms with Crippen molar-refractivity contribution in [1.82, 2.24) is 0 Å². The molecule has 0 spiro atoms. The first-order chi connectivity index (χ1) is 23.5. The maximum atomic E-state index is 13.7. The van der Waals surface area contributed by atoms with Gasteiger partial charge in [-0.1, -0.05) is 48.5 Å². The van der Waals surface area contributed by atoms with Gasteiger partial charge in [-0.15, -0.1) is 0 Å². The molecule has 0 amide bonds. The van der Waals surface area contributed by atoms with E-state index in [0.29, 0.717) is 16.9 Å². The molecule has 1 aliphatic rings. The summed E-state index contributed by atoms with van der Waals surface area (Å²) in [5.41, 5.74) is 1.76. The quantitative estimate of drug-likeness (QED) is 0.162. The average Bonchev–Trinajstić information content (AvgIpc) is 3.06. The maximum Gasteiger partial charge on any atom is 0.303 e. The van der Waals surface area contributed by atoms with Crippen molar-refractivity contribution in [3.8, 4) is 22.6 Å².